The van der Waals surface area contributed by atoms with Gasteiger partial charge in [0.25, 0.3) is 0 Å². The second kappa shape index (κ2) is 32.2. The number of rotatable bonds is 36. The quantitative estimate of drug-likeness (QED) is 0.0345. The lowest BCUT2D eigenvalue weighted by Gasteiger charge is -2.47. The summed E-state index contributed by atoms with van der Waals surface area (Å²) in [7, 11) is -4.01. The Hall–Kier alpha value is -3.53. The Bertz CT molecular complexity index is 1450. The summed E-state index contributed by atoms with van der Waals surface area (Å²) >= 11 is 0. The van der Waals surface area contributed by atoms with Crippen molar-refractivity contribution < 1.29 is 61.6 Å². The molecule has 17 nitrogen and oxygen atoms in total. The van der Waals surface area contributed by atoms with E-state index in [4.69, 9.17) is 52.2 Å². The van der Waals surface area contributed by atoms with Gasteiger partial charge in [-0.1, -0.05) is 31.1 Å². The number of carbonyl (C=O) groups is 4. The molecule has 0 aliphatic heterocycles. The van der Waals surface area contributed by atoms with Crippen LogP contribution >= 0.6 is 7.60 Å². The minimum Gasteiger partial charge on any atom is -0.377 e. The van der Waals surface area contributed by atoms with E-state index < -0.39 is 29.3 Å². The van der Waals surface area contributed by atoms with Crippen LogP contribution < -0.4 is 21.3 Å². The number of ether oxygens (including phenoxy) is 6. The van der Waals surface area contributed by atoms with Gasteiger partial charge in [-0.05, 0) is 79.1 Å². The molecule has 1 aliphatic rings. The van der Waals surface area contributed by atoms with E-state index in [0.29, 0.717) is 78.2 Å². The molecular weight excluding hydrogens is 847 g/mol. The zero-order valence-electron chi connectivity index (χ0n) is 39.1. The molecule has 0 aromatic heterocycles. The average molecular weight is 925 g/mol. The van der Waals surface area contributed by atoms with Crippen molar-refractivity contribution in [3.8, 4) is 37.0 Å². The van der Waals surface area contributed by atoms with Crippen LogP contribution in [0.3, 0.4) is 0 Å². The van der Waals surface area contributed by atoms with Crippen LogP contribution in [0.2, 0.25) is 0 Å². The van der Waals surface area contributed by atoms with Gasteiger partial charge >= 0.3 is 7.60 Å². The summed E-state index contributed by atoms with van der Waals surface area (Å²) in [5.41, 5.74) is -2.98. The molecule has 1 fully saturated rings. The molecule has 1 rings (SSSR count). The Morgan fingerprint density at radius 3 is 1.31 bits per heavy atom. The Morgan fingerprint density at radius 2 is 0.984 bits per heavy atom. The van der Waals surface area contributed by atoms with Gasteiger partial charge in [-0.2, -0.15) is 0 Å². The maximum Gasteiger partial charge on any atom is 0.333 e. The summed E-state index contributed by atoms with van der Waals surface area (Å²) in [4.78, 5) is 65.6. The Balaban J connectivity index is 3.32. The number of hydrogen-bond acceptors (Lipinski definition) is 12. The summed E-state index contributed by atoms with van der Waals surface area (Å²) in [6, 6.07) is 0. The Morgan fingerprint density at radius 1 is 0.625 bits per heavy atom. The lowest BCUT2D eigenvalue weighted by atomic mass is 9.66. The van der Waals surface area contributed by atoms with E-state index >= 15 is 0 Å². The molecule has 0 radical (unpaired) electrons. The van der Waals surface area contributed by atoms with Gasteiger partial charge in [0.1, 0.15) is 19.8 Å². The van der Waals surface area contributed by atoms with E-state index in [1.54, 1.807) is 20.8 Å². The topological polar surface area (TPSA) is 218 Å². The third kappa shape index (κ3) is 24.7. The molecule has 0 heterocycles. The predicted molar refractivity (Wildman–Crippen MR) is 244 cm³/mol. The van der Waals surface area contributed by atoms with Gasteiger partial charge in [0, 0.05) is 49.9 Å². The molecule has 4 amide bonds. The van der Waals surface area contributed by atoms with Gasteiger partial charge in [0.2, 0.25) is 23.6 Å². The molecule has 1 saturated carbocycles. The lowest BCUT2D eigenvalue weighted by Crippen LogP contribution is -2.56. The van der Waals surface area contributed by atoms with Gasteiger partial charge < -0.3 is 59.1 Å². The number of hydrogen-bond donors (Lipinski definition) is 5. The van der Waals surface area contributed by atoms with Crippen molar-refractivity contribution in [2.45, 2.75) is 128 Å². The zero-order valence-corrected chi connectivity index (χ0v) is 40.0. The van der Waals surface area contributed by atoms with Crippen LogP contribution in [0.25, 0.3) is 0 Å². The second-order valence-corrected chi connectivity index (χ2v) is 19.7. The highest BCUT2D eigenvalue weighted by Gasteiger charge is 2.50. The molecule has 0 aromatic carbocycles. The molecule has 0 bridgehead atoms. The predicted octanol–water partition coefficient (Wildman–Crippen LogP) is 3.65. The molecule has 364 valence electrons. The van der Waals surface area contributed by atoms with Crippen molar-refractivity contribution in [2.24, 2.45) is 5.41 Å². The molecule has 1 aliphatic carbocycles. The van der Waals surface area contributed by atoms with Gasteiger partial charge in [0.05, 0.1) is 70.2 Å². The highest BCUT2D eigenvalue weighted by Crippen LogP contribution is 2.60. The minimum absolute atomic E-state index is 0.0226. The maximum absolute atomic E-state index is 14.9. The highest BCUT2D eigenvalue weighted by atomic mass is 31.2. The van der Waals surface area contributed by atoms with E-state index in [0.717, 1.165) is 0 Å². The highest BCUT2D eigenvalue weighted by molar-refractivity contribution is 7.54. The number of carbonyl (C=O) groups excluding carboxylic acids is 4. The first-order valence-corrected chi connectivity index (χ1v) is 23.9. The van der Waals surface area contributed by atoms with Crippen molar-refractivity contribution in [3.63, 3.8) is 0 Å². The summed E-state index contributed by atoms with van der Waals surface area (Å²) in [6.45, 7) is 12.5. The molecule has 18 heteroatoms. The van der Waals surface area contributed by atoms with E-state index in [1.807, 2.05) is 13.8 Å². The summed E-state index contributed by atoms with van der Waals surface area (Å²) in [6.07, 6.45) is 18.5. The number of amides is 4. The first kappa shape index (κ1) is 58.5. The van der Waals surface area contributed by atoms with Crippen molar-refractivity contribution in [3.05, 3.63) is 0 Å². The molecule has 0 spiro atoms. The van der Waals surface area contributed by atoms with Crippen molar-refractivity contribution >= 4 is 31.2 Å². The van der Waals surface area contributed by atoms with E-state index in [9.17, 15) is 28.6 Å². The molecule has 0 saturated heterocycles. The first-order valence-electron chi connectivity index (χ1n) is 22.4. The maximum atomic E-state index is 14.9. The lowest BCUT2D eigenvalue weighted by molar-refractivity contribution is -0.140. The summed E-state index contributed by atoms with van der Waals surface area (Å²) in [5, 5.41) is 10.9. The number of nitrogens with one attached hydrogen (secondary N) is 4. The van der Waals surface area contributed by atoms with Crippen molar-refractivity contribution in [2.75, 3.05) is 98.9 Å². The van der Waals surface area contributed by atoms with Crippen LogP contribution in [0.15, 0.2) is 0 Å². The third-order valence-electron chi connectivity index (χ3n) is 10.9. The van der Waals surface area contributed by atoms with Gasteiger partial charge in [0.15, 0.2) is 0 Å². The Labute approximate surface area is 382 Å². The standard InChI is InChI=1S/C46H77N4O13P/c1-9-16-45(22-20-44(8,21-23-45)63-64(55,56)43(5,6)7)42(54)50-46(17-13-39(51)47-24-30-60-36-33-57-27-10-2,18-14-40(52)48-25-31-61-37-34-58-28-11-3)19-15-41(53)49-26-32-62-38-35-59-29-12-4/h2-4H,9,13-38H2,1,5-8H3,(H,47,51)(H,48,52)(H,49,53)(H,50,54)(H,55,56). The minimum atomic E-state index is -4.01. The number of terminal acetylenes is 3. The molecule has 1 unspecified atom stereocenters. The average Bonchev–Trinajstić information content (AvgIpc) is 3.24. The second-order valence-electron chi connectivity index (χ2n) is 17.2. The molecule has 0 aromatic rings. The molecule has 1 atom stereocenters. The van der Waals surface area contributed by atoms with Crippen molar-refractivity contribution in [1.29, 1.82) is 0 Å². The summed E-state index contributed by atoms with van der Waals surface area (Å²) < 4.78 is 51.4. The molecular formula is C46H77N4O13P. The SMILES string of the molecule is C#CCOCCOCCNC(=O)CCC(CCC(=O)NCCOCCOCC#C)(CCC(=O)NCCOCCOCC#C)NC(=O)C1(CCC)CCC(C)(OP(=O)(O)C(C)(C)C)CC1. The van der Waals surface area contributed by atoms with E-state index in [2.05, 4.69) is 39.0 Å². The summed E-state index contributed by atoms with van der Waals surface area (Å²) in [5.74, 6) is 5.98. The zero-order chi connectivity index (χ0) is 47.8. The normalized spacial score (nSPS) is 18.4. The van der Waals surface area contributed by atoms with Crippen LogP contribution in [-0.4, -0.2) is 144 Å². The largest absolute Gasteiger partial charge is 0.377 e. The molecule has 64 heavy (non-hydrogen) atoms. The fraction of sp³-hybridized carbons (Fsp3) is 0.783. The van der Waals surface area contributed by atoms with Gasteiger partial charge in [-0.3, -0.25) is 23.7 Å². The molecule has 5 N–H and O–H groups in total. The van der Waals surface area contributed by atoms with Crippen LogP contribution in [-0.2, 0) is 56.7 Å². The third-order valence-corrected chi connectivity index (χ3v) is 13.3. The van der Waals surface area contributed by atoms with E-state index in [-0.39, 0.29) is 121 Å². The van der Waals surface area contributed by atoms with Gasteiger partial charge in [-0.15, -0.1) is 19.3 Å². The van der Waals surface area contributed by atoms with Crippen LogP contribution in [0.1, 0.15) is 112 Å². The van der Waals surface area contributed by atoms with Crippen LogP contribution in [0, 0.1) is 42.4 Å². The first-order chi connectivity index (χ1) is 30.4. The smallest absolute Gasteiger partial charge is 0.333 e. The fourth-order valence-corrected chi connectivity index (χ4v) is 8.01. The van der Waals surface area contributed by atoms with Crippen molar-refractivity contribution in [1.82, 2.24) is 21.3 Å². The fourth-order valence-electron chi connectivity index (χ4n) is 6.95. The Kier molecular flexibility index (Phi) is 29.4. The van der Waals surface area contributed by atoms with Crippen LogP contribution in [0.5, 0.6) is 0 Å². The van der Waals surface area contributed by atoms with E-state index in [1.165, 1.54) is 0 Å². The van der Waals surface area contributed by atoms with Crippen LogP contribution in [0.4, 0.5) is 0 Å². The monoisotopic (exact) mass is 925 g/mol. The van der Waals surface area contributed by atoms with Gasteiger partial charge in [-0.25, -0.2) is 0 Å².